The summed E-state index contributed by atoms with van der Waals surface area (Å²) in [5.41, 5.74) is 5.21. The van der Waals surface area contributed by atoms with Crippen LogP contribution < -0.4 is 5.73 Å². The minimum absolute atomic E-state index is 0.327. The lowest BCUT2D eigenvalue weighted by atomic mass is 10.1. The molecule has 0 aromatic carbocycles. The fourth-order valence-electron chi connectivity index (χ4n) is 0.839. The van der Waals surface area contributed by atoms with Gasteiger partial charge in [-0.15, -0.1) is 0 Å². The number of aliphatic carboxylic acids is 1. The summed E-state index contributed by atoms with van der Waals surface area (Å²) in [5.74, 6) is -1.17. The van der Waals surface area contributed by atoms with Crippen molar-refractivity contribution >= 4 is 5.97 Å². The molecule has 0 rings (SSSR count). The van der Waals surface area contributed by atoms with Gasteiger partial charge in [-0.05, 0) is 0 Å². The van der Waals surface area contributed by atoms with Crippen molar-refractivity contribution in [3.05, 3.63) is 0 Å². The summed E-state index contributed by atoms with van der Waals surface area (Å²) >= 11 is 0. The van der Waals surface area contributed by atoms with E-state index in [1.807, 2.05) is 21.1 Å². The van der Waals surface area contributed by atoms with Crippen molar-refractivity contribution in [2.45, 2.75) is 12.1 Å². The van der Waals surface area contributed by atoms with E-state index in [1.165, 1.54) is 0 Å². The third-order valence-electron chi connectivity index (χ3n) is 1.43. The van der Waals surface area contributed by atoms with E-state index < -0.39 is 18.1 Å². The Morgan fingerprint density at radius 1 is 1.50 bits per heavy atom. The first kappa shape index (κ1) is 11.4. The molecule has 4 N–H and O–H groups in total. The number of hydrogen-bond donors (Lipinski definition) is 3. The molecule has 0 spiro atoms. The van der Waals surface area contributed by atoms with Gasteiger partial charge in [0.1, 0.15) is 18.7 Å². The standard InChI is InChI=1S/C7H16N2O3/c1-9(2,3)4-5(10)6(8)7(11)12/h5-6,10H,4,8H2,1-3H3/p+1/t5-,6?/m0/s1. The van der Waals surface area contributed by atoms with E-state index in [0.29, 0.717) is 11.0 Å². The number of quaternary nitrogens is 1. The number of carboxylic acids is 1. The van der Waals surface area contributed by atoms with Gasteiger partial charge in [-0.25, -0.2) is 0 Å². The molecule has 0 heterocycles. The number of carboxylic acid groups (broad SMARTS) is 1. The van der Waals surface area contributed by atoms with Gasteiger partial charge in [0.2, 0.25) is 0 Å². The molecule has 2 atom stereocenters. The molecule has 0 radical (unpaired) electrons. The Labute approximate surface area is 72.0 Å². The molecule has 0 aromatic rings. The van der Waals surface area contributed by atoms with Crippen LogP contribution in [0.1, 0.15) is 0 Å². The number of nitrogens with zero attached hydrogens (tertiary/aromatic N) is 1. The first-order valence-electron chi connectivity index (χ1n) is 3.71. The Balaban J connectivity index is 4.04. The lowest BCUT2D eigenvalue weighted by molar-refractivity contribution is -0.873. The Hall–Kier alpha value is -0.650. The van der Waals surface area contributed by atoms with Crippen LogP contribution in [0.4, 0.5) is 0 Å². The first-order chi connectivity index (χ1) is 5.24. The van der Waals surface area contributed by atoms with Gasteiger partial charge < -0.3 is 20.4 Å². The van der Waals surface area contributed by atoms with Gasteiger partial charge in [-0.3, -0.25) is 4.79 Å². The zero-order valence-corrected chi connectivity index (χ0v) is 7.69. The van der Waals surface area contributed by atoms with E-state index in [9.17, 15) is 9.90 Å². The zero-order chi connectivity index (χ0) is 9.94. The smallest absolute Gasteiger partial charge is 0.323 e. The quantitative estimate of drug-likeness (QED) is 0.455. The molecule has 0 amide bonds. The molecule has 0 saturated heterocycles. The van der Waals surface area contributed by atoms with E-state index in [4.69, 9.17) is 10.8 Å². The van der Waals surface area contributed by atoms with Crippen LogP contribution in [0.5, 0.6) is 0 Å². The first-order valence-corrected chi connectivity index (χ1v) is 3.71. The van der Waals surface area contributed by atoms with E-state index in [0.717, 1.165) is 0 Å². The van der Waals surface area contributed by atoms with Gasteiger partial charge in [0.25, 0.3) is 0 Å². The monoisotopic (exact) mass is 177 g/mol. The predicted molar refractivity (Wildman–Crippen MR) is 44.5 cm³/mol. The molecule has 72 valence electrons. The van der Waals surface area contributed by atoms with Gasteiger partial charge in [-0.1, -0.05) is 0 Å². The van der Waals surface area contributed by atoms with E-state index in [2.05, 4.69) is 0 Å². The summed E-state index contributed by atoms with van der Waals surface area (Å²) in [6.07, 6.45) is -0.998. The predicted octanol–water partition coefficient (Wildman–Crippen LogP) is -1.53. The number of likely N-dealkylation sites (N-methyl/N-ethyl adjacent to an activating group) is 1. The summed E-state index contributed by atoms with van der Waals surface area (Å²) in [6.45, 7) is 0.327. The maximum Gasteiger partial charge on any atom is 0.323 e. The molecular formula is C7H17N2O3+. The maximum absolute atomic E-state index is 10.3. The van der Waals surface area contributed by atoms with E-state index in [-0.39, 0.29) is 0 Å². The molecule has 5 heteroatoms. The fraction of sp³-hybridized carbons (Fsp3) is 0.857. The van der Waals surface area contributed by atoms with Gasteiger partial charge in [0, 0.05) is 0 Å². The summed E-state index contributed by atoms with van der Waals surface area (Å²) in [5, 5.41) is 17.8. The molecule has 0 bridgehead atoms. The Morgan fingerprint density at radius 2 is 1.92 bits per heavy atom. The van der Waals surface area contributed by atoms with Crippen LogP contribution in [-0.2, 0) is 4.79 Å². The zero-order valence-electron chi connectivity index (χ0n) is 7.69. The van der Waals surface area contributed by atoms with Crippen LogP contribution in [0.15, 0.2) is 0 Å². The number of carbonyl (C=O) groups is 1. The minimum Gasteiger partial charge on any atom is -0.480 e. The van der Waals surface area contributed by atoms with Crippen LogP contribution in [-0.4, -0.2) is 60.5 Å². The Bertz CT molecular complexity index is 165. The van der Waals surface area contributed by atoms with Crippen molar-refractivity contribution in [2.24, 2.45) is 5.73 Å². The Kier molecular flexibility index (Phi) is 3.63. The topological polar surface area (TPSA) is 83.5 Å². The summed E-state index contributed by atoms with van der Waals surface area (Å²) in [7, 11) is 5.58. The molecule has 0 aliphatic carbocycles. The lowest BCUT2D eigenvalue weighted by Crippen LogP contribution is -2.51. The van der Waals surface area contributed by atoms with Crippen LogP contribution in [0.2, 0.25) is 0 Å². The minimum atomic E-state index is -1.19. The van der Waals surface area contributed by atoms with Crippen LogP contribution in [0.25, 0.3) is 0 Å². The molecule has 5 nitrogen and oxygen atoms in total. The average molecular weight is 177 g/mol. The molecule has 0 aliphatic rings. The molecule has 0 aliphatic heterocycles. The number of aliphatic hydroxyl groups excluding tert-OH is 1. The van der Waals surface area contributed by atoms with Gasteiger partial charge >= 0.3 is 5.97 Å². The molecule has 12 heavy (non-hydrogen) atoms. The van der Waals surface area contributed by atoms with Gasteiger partial charge in [0.05, 0.1) is 21.1 Å². The highest BCUT2D eigenvalue weighted by atomic mass is 16.4. The second kappa shape index (κ2) is 3.84. The third kappa shape index (κ3) is 4.27. The molecule has 0 aromatic heterocycles. The molecule has 1 unspecified atom stereocenters. The van der Waals surface area contributed by atoms with Crippen LogP contribution >= 0.6 is 0 Å². The second-order valence-electron chi connectivity index (χ2n) is 3.90. The molecule has 0 saturated carbocycles. The average Bonchev–Trinajstić information content (AvgIpc) is 1.82. The number of hydrogen-bond acceptors (Lipinski definition) is 3. The number of aliphatic hydroxyl groups is 1. The summed E-state index contributed by atoms with van der Waals surface area (Å²) < 4.78 is 0.488. The van der Waals surface area contributed by atoms with Crippen molar-refractivity contribution in [3.63, 3.8) is 0 Å². The summed E-state index contributed by atoms with van der Waals surface area (Å²) in [6, 6.07) is -1.19. The highest BCUT2D eigenvalue weighted by molar-refractivity contribution is 5.73. The molecule has 0 fully saturated rings. The lowest BCUT2D eigenvalue weighted by Gasteiger charge is -2.27. The number of rotatable bonds is 4. The van der Waals surface area contributed by atoms with Crippen LogP contribution in [0, 0.1) is 0 Å². The second-order valence-corrected chi connectivity index (χ2v) is 3.90. The fourth-order valence-corrected chi connectivity index (χ4v) is 0.839. The van der Waals surface area contributed by atoms with Crippen molar-refractivity contribution in [2.75, 3.05) is 27.7 Å². The number of nitrogens with two attached hydrogens (primary N) is 1. The van der Waals surface area contributed by atoms with Crippen molar-refractivity contribution in [1.29, 1.82) is 0 Å². The van der Waals surface area contributed by atoms with Crippen molar-refractivity contribution < 1.29 is 19.5 Å². The third-order valence-corrected chi connectivity index (χ3v) is 1.43. The molecular weight excluding hydrogens is 160 g/mol. The SMILES string of the molecule is C[N+](C)(C)C[C@H](O)C(N)C(=O)O. The van der Waals surface area contributed by atoms with Crippen molar-refractivity contribution in [1.82, 2.24) is 0 Å². The Morgan fingerprint density at radius 3 is 2.17 bits per heavy atom. The summed E-state index contributed by atoms with van der Waals surface area (Å²) in [4.78, 5) is 10.3. The largest absolute Gasteiger partial charge is 0.480 e. The maximum atomic E-state index is 10.3. The highest BCUT2D eigenvalue weighted by Gasteiger charge is 2.26. The van der Waals surface area contributed by atoms with Crippen LogP contribution in [0.3, 0.4) is 0 Å². The van der Waals surface area contributed by atoms with Gasteiger partial charge in [0.15, 0.2) is 0 Å². The normalized spacial score (nSPS) is 17.1. The van der Waals surface area contributed by atoms with E-state index in [1.54, 1.807) is 0 Å². The van der Waals surface area contributed by atoms with E-state index >= 15 is 0 Å². The highest BCUT2D eigenvalue weighted by Crippen LogP contribution is 1.98. The van der Waals surface area contributed by atoms with Crippen molar-refractivity contribution in [3.8, 4) is 0 Å². The van der Waals surface area contributed by atoms with Gasteiger partial charge in [-0.2, -0.15) is 0 Å².